The lowest BCUT2D eigenvalue weighted by atomic mass is 9.87. The number of nitrogens with zero attached hydrogens (tertiary/aromatic N) is 1. The summed E-state index contributed by atoms with van der Waals surface area (Å²) in [4.78, 5) is 17.8. The molecule has 0 atom stereocenters. The molecule has 0 bridgehead atoms. The zero-order chi connectivity index (χ0) is 20.5. The molecule has 2 saturated heterocycles. The number of fused-ring (bicyclic) bond motifs is 1. The topological polar surface area (TPSA) is 74.2 Å². The smallest absolute Gasteiger partial charge is 0.250 e. The van der Waals surface area contributed by atoms with Gasteiger partial charge in [0.1, 0.15) is 0 Å². The second-order valence-electron chi connectivity index (χ2n) is 8.73. The number of para-hydroxylation sites is 1. The largest absolute Gasteiger partial charge is 0.366 e. The minimum Gasteiger partial charge on any atom is -0.366 e. The Morgan fingerprint density at radius 3 is 2.40 bits per heavy atom. The fourth-order valence-electron chi connectivity index (χ4n) is 5.22. The van der Waals surface area contributed by atoms with Crippen molar-refractivity contribution < 1.29 is 4.79 Å². The second kappa shape index (κ2) is 8.25. The number of carbonyl (C=O) groups excluding carboxylic acids is 1. The maximum absolute atomic E-state index is 11.7. The quantitative estimate of drug-likeness (QED) is 0.620. The minimum absolute atomic E-state index is 0.403. The van der Waals surface area contributed by atoms with E-state index in [9.17, 15) is 4.79 Å². The van der Waals surface area contributed by atoms with Crippen LogP contribution >= 0.6 is 0 Å². The number of carbonyl (C=O) groups is 1. The third kappa shape index (κ3) is 3.75. The molecule has 4 N–H and O–H groups in total. The maximum atomic E-state index is 11.7. The third-order valence-corrected chi connectivity index (χ3v) is 6.97. The van der Waals surface area contributed by atoms with Crippen LogP contribution in [0.1, 0.15) is 47.5 Å². The van der Waals surface area contributed by atoms with E-state index in [1.807, 2.05) is 12.1 Å². The molecular weight excluding hydrogens is 372 g/mol. The summed E-state index contributed by atoms with van der Waals surface area (Å²) in [6, 6.07) is 17.5. The number of likely N-dealkylation sites (tertiary alicyclic amines) is 1. The minimum atomic E-state index is -0.403. The Kier molecular flexibility index (Phi) is 5.32. The monoisotopic (exact) mass is 402 g/mol. The molecule has 2 fully saturated rings. The molecule has 0 spiro atoms. The molecule has 3 aromatic rings. The molecule has 2 aromatic carbocycles. The van der Waals surface area contributed by atoms with Crippen molar-refractivity contribution in [3.05, 3.63) is 59.7 Å². The van der Waals surface area contributed by atoms with E-state index in [0.29, 0.717) is 11.5 Å². The maximum Gasteiger partial charge on any atom is 0.250 e. The molecule has 30 heavy (non-hydrogen) atoms. The van der Waals surface area contributed by atoms with Gasteiger partial charge in [-0.2, -0.15) is 0 Å². The van der Waals surface area contributed by atoms with Crippen LogP contribution in [0.3, 0.4) is 0 Å². The summed E-state index contributed by atoms with van der Waals surface area (Å²) in [5.74, 6) is 0.251. The first kappa shape index (κ1) is 19.3. The molecule has 1 amide bonds. The van der Waals surface area contributed by atoms with Crippen molar-refractivity contribution in [1.82, 2.24) is 15.2 Å². The predicted molar refractivity (Wildman–Crippen MR) is 122 cm³/mol. The number of benzene rings is 2. The van der Waals surface area contributed by atoms with Gasteiger partial charge in [0.2, 0.25) is 0 Å². The summed E-state index contributed by atoms with van der Waals surface area (Å²) >= 11 is 0. The van der Waals surface area contributed by atoms with Crippen LogP contribution in [-0.2, 0) is 0 Å². The molecule has 5 rings (SSSR count). The SMILES string of the molecule is NC(=O)c1cccc2cc(-c3ccc(C4CCN(C5CCNCC5)CC4)cc3)[nH]c12. The van der Waals surface area contributed by atoms with Gasteiger partial charge in [0.25, 0.3) is 5.91 Å². The zero-order valence-corrected chi connectivity index (χ0v) is 17.4. The molecule has 1 aromatic heterocycles. The molecule has 0 aliphatic carbocycles. The molecule has 2 aliphatic rings. The first-order chi connectivity index (χ1) is 14.7. The van der Waals surface area contributed by atoms with E-state index < -0.39 is 5.91 Å². The number of rotatable bonds is 4. The molecule has 0 radical (unpaired) electrons. The summed E-state index contributed by atoms with van der Waals surface area (Å²) in [7, 11) is 0. The summed E-state index contributed by atoms with van der Waals surface area (Å²) in [5, 5.41) is 4.48. The molecule has 5 nitrogen and oxygen atoms in total. The van der Waals surface area contributed by atoms with E-state index in [1.165, 1.54) is 57.4 Å². The van der Waals surface area contributed by atoms with Crippen molar-refractivity contribution in [3.63, 3.8) is 0 Å². The highest BCUT2D eigenvalue weighted by Crippen LogP contribution is 2.32. The van der Waals surface area contributed by atoms with Crippen LogP contribution in [0.2, 0.25) is 0 Å². The van der Waals surface area contributed by atoms with E-state index in [1.54, 1.807) is 6.07 Å². The Balaban J connectivity index is 1.29. The second-order valence-corrected chi connectivity index (χ2v) is 8.73. The number of nitrogens with one attached hydrogen (secondary N) is 2. The number of H-pyrrole nitrogens is 1. The van der Waals surface area contributed by atoms with Gasteiger partial charge in [-0.15, -0.1) is 0 Å². The average molecular weight is 403 g/mol. The number of primary amides is 1. The number of hydrogen-bond donors (Lipinski definition) is 3. The fourth-order valence-corrected chi connectivity index (χ4v) is 5.22. The Morgan fingerprint density at radius 2 is 1.70 bits per heavy atom. The standard InChI is InChI=1S/C25H30N4O/c26-25(30)22-3-1-2-20-16-23(28-24(20)22)19-6-4-17(5-7-19)18-10-14-29(15-11-18)21-8-12-27-13-9-21/h1-7,16,18,21,27-28H,8-15H2,(H2,26,30). The van der Waals surface area contributed by atoms with Crippen molar-refractivity contribution in [3.8, 4) is 11.3 Å². The van der Waals surface area contributed by atoms with E-state index in [4.69, 9.17) is 5.73 Å². The fraction of sp³-hybridized carbons (Fsp3) is 0.400. The Labute approximate surface area is 177 Å². The van der Waals surface area contributed by atoms with Gasteiger partial charge in [0.05, 0.1) is 11.1 Å². The highest BCUT2D eigenvalue weighted by Gasteiger charge is 2.26. The van der Waals surface area contributed by atoms with E-state index in [2.05, 4.69) is 45.5 Å². The highest BCUT2D eigenvalue weighted by atomic mass is 16.1. The van der Waals surface area contributed by atoms with Gasteiger partial charge in [-0.25, -0.2) is 0 Å². The lowest BCUT2D eigenvalue weighted by Gasteiger charge is -2.39. The summed E-state index contributed by atoms with van der Waals surface area (Å²) in [6.07, 6.45) is 5.08. The van der Waals surface area contributed by atoms with Crippen LogP contribution in [0.5, 0.6) is 0 Å². The van der Waals surface area contributed by atoms with Gasteiger partial charge in [0.15, 0.2) is 0 Å². The number of aromatic amines is 1. The van der Waals surface area contributed by atoms with Crippen molar-refractivity contribution in [1.29, 1.82) is 0 Å². The van der Waals surface area contributed by atoms with Crippen molar-refractivity contribution in [2.75, 3.05) is 26.2 Å². The normalized spacial score (nSPS) is 19.3. The first-order valence-electron chi connectivity index (χ1n) is 11.2. The summed E-state index contributed by atoms with van der Waals surface area (Å²) in [6.45, 7) is 4.77. The van der Waals surface area contributed by atoms with Crippen LogP contribution in [0.4, 0.5) is 0 Å². The van der Waals surface area contributed by atoms with E-state index >= 15 is 0 Å². The van der Waals surface area contributed by atoms with Crippen LogP contribution in [0, 0.1) is 0 Å². The van der Waals surface area contributed by atoms with E-state index in [0.717, 1.165) is 28.2 Å². The van der Waals surface area contributed by atoms with Gasteiger partial charge in [0, 0.05) is 17.1 Å². The molecule has 5 heteroatoms. The van der Waals surface area contributed by atoms with Crippen LogP contribution in [0.25, 0.3) is 22.2 Å². The van der Waals surface area contributed by atoms with Gasteiger partial charge < -0.3 is 20.9 Å². The molecule has 156 valence electrons. The third-order valence-electron chi connectivity index (χ3n) is 6.97. The van der Waals surface area contributed by atoms with E-state index in [-0.39, 0.29) is 0 Å². The lowest BCUT2D eigenvalue weighted by Crippen LogP contribution is -2.46. The van der Waals surface area contributed by atoms with Crippen LogP contribution in [-0.4, -0.2) is 48.0 Å². The van der Waals surface area contributed by atoms with Crippen LogP contribution < -0.4 is 11.1 Å². The Hall–Kier alpha value is -2.63. The number of amides is 1. The summed E-state index contributed by atoms with van der Waals surface area (Å²) in [5.41, 5.74) is 10.5. The molecule has 0 unspecified atom stereocenters. The van der Waals surface area contributed by atoms with Crippen molar-refractivity contribution >= 4 is 16.8 Å². The average Bonchev–Trinajstić information content (AvgIpc) is 3.24. The number of nitrogens with two attached hydrogens (primary N) is 1. The summed E-state index contributed by atoms with van der Waals surface area (Å²) < 4.78 is 0. The van der Waals surface area contributed by atoms with Gasteiger partial charge in [-0.1, -0.05) is 36.4 Å². The van der Waals surface area contributed by atoms with Gasteiger partial charge >= 0.3 is 0 Å². The number of hydrogen-bond acceptors (Lipinski definition) is 3. The first-order valence-corrected chi connectivity index (χ1v) is 11.2. The molecule has 3 heterocycles. The Morgan fingerprint density at radius 1 is 0.967 bits per heavy atom. The molecular formula is C25H30N4O. The van der Waals surface area contributed by atoms with Gasteiger partial charge in [-0.05, 0) is 81.0 Å². The number of aromatic nitrogens is 1. The van der Waals surface area contributed by atoms with Crippen molar-refractivity contribution in [2.24, 2.45) is 5.73 Å². The Bertz CT molecular complexity index is 1020. The molecule has 0 saturated carbocycles. The predicted octanol–water partition coefficient (Wildman–Crippen LogP) is 3.87. The lowest BCUT2D eigenvalue weighted by molar-refractivity contribution is 0.100. The number of piperidine rings is 2. The van der Waals surface area contributed by atoms with Gasteiger partial charge in [-0.3, -0.25) is 4.79 Å². The zero-order valence-electron chi connectivity index (χ0n) is 17.4. The van der Waals surface area contributed by atoms with Crippen LogP contribution in [0.15, 0.2) is 48.5 Å². The molecule has 2 aliphatic heterocycles. The van der Waals surface area contributed by atoms with Crippen molar-refractivity contribution in [2.45, 2.75) is 37.6 Å². The highest BCUT2D eigenvalue weighted by molar-refractivity contribution is 6.06.